The highest BCUT2D eigenvalue weighted by atomic mass is 16.7. The molecule has 0 radical (unpaired) electrons. The fourth-order valence-corrected chi connectivity index (χ4v) is 9.98. The third kappa shape index (κ3) is 3.70. The van der Waals surface area contributed by atoms with Gasteiger partial charge in [0.1, 0.15) is 24.4 Å². The lowest BCUT2D eigenvalue weighted by Crippen LogP contribution is -2.69. The summed E-state index contributed by atoms with van der Waals surface area (Å²) in [4.78, 5) is 11.6. The molecule has 0 bridgehead atoms. The molecule has 1 aliphatic heterocycles. The summed E-state index contributed by atoms with van der Waals surface area (Å²) in [5.41, 5.74) is -2.54. The van der Waals surface area contributed by atoms with Gasteiger partial charge in [-0.3, -0.25) is 0 Å². The van der Waals surface area contributed by atoms with E-state index in [-0.39, 0.29) is 29.1 Å². The molecule has 38 heavy (non-hydrogen) atoms. The largest absolute Gasteiger partial charge is 0.479 e. The Balaban J connectivity index is 1.39. The molecule has 15 atom stereocenters. The maximum Gasteiger partial charge on any atom is 0.335 e. The molecule has 11 heteroatoms. The monoisotopic (exact) mass is 544 g/mol. The van der Waals surface area contributed by atoms with E-state index in [1.807, 2.05) is 6.92 Å². The van der Waals surface area contributed by atoms with Crippen molar-refractivity contribution in [3.63, 3.8) is 0 Å². The summed E-state index contributed by atoms with van der Waals surface area (Å²) in [5.74, 6) is -4.45. The molecule has 1 heterocycles. The number of fused-ring (bicyclic) bond motifs is 5. The van der Waals surface area contributed by atoms with Gasteiger partial charge >= 0.3 is 5.97 Å². The van der Waals surface area contributed by atoms with Crippen molar-refractivity contribution in [3.8, 4) is 0 Å². The summed E-state index contributed by atoms with van der Waals surface area (Å²) in [6, 6.07) is 0. The molecule has 1 saturated heterocycles. The Morgan fingerprint density at radius 3 is 2.29 bits per heavy atom. The van der Waals surface area contributed by atoms with E-state index >= 15 is 0 Å². The standard InChI is InChI=1S/C27H44O11/c1-24-7-5-13(27(37)22(33)20(32)19(31)21(38-27)23(34)35)9-12(24)3-4-14-15-6-8-26(36,17(30)11-28)25(15,2)10-16(29)18(14)24/h12-22,28-33,36-37H,3-11H2,1-2H3,(H,34,35)/t12?,13?,14?,15?,16?,17?,18?,19-,20+,21-,22+,24-,25-,26-,27+/m0/s1. The molecule has 7 unspecified atom stereocenters. The van der Waals surface area contributed by atoms with Crippen LogP contribution < -0.4 is 0 Å². The van der Waals surface area contributed by atoms with Crippen LogP contribution in [0.1, 0.15) is 65.2 Å². The van der Waals surface area contributed by atoms with Gasteiger partial charge in [-0.2, -0.15) is 0 Å². The second-order valence-corrected chi connectivity index (χ2v) is 13.5. The van der Waals surface area contributed by atoms with Crippen LogP contribution in [-0.4, -0.2) is 107 Å². The van der Waals surface area contributed by atoms with Gasteiger partial charge in [-0.1, -0.05) is 13.8 Å². The minimum absolute atomic E-state index is 0.0249. The Morgan fingerprint density at radius 1 is 0.974 bits per heavy atom. The van der Waals surface area contributed by atoms with Crippen molar-refractivity contribution in [2.75, 3.05) is 6.61 Å². The molecule has 5 rings (SSSR count). The number of aliphatic hydroxyl groups is 8. The van der Waals surface area contributed by atoms with E-state index in [2.05, 4.69) is 6.92 Å². The van der Waals surface area contributed by atoms with Crippen LogP contribution in [0, 0.1) is 40.4 Å². The number of carbonyl (C=O) groups is 1. The fourth-order valence-electron chi connectivity index (χ4n) is 9.98. The van der Waals surface area contributed by atoms with Crippen LogP contribution in [0.4, 0.5) is 0 Å². The Morgan fingerprint density at radius 2 is 1.66 bits per heavy atom. The van der Waals surface area contributed by atoms with E-state index < -0.39 is 71.9 Å². The van der Waals surface area contributed by atoms with E-state index in [4.69, 9.17) is 4.74 Å². The van der Waals surface area contributed by atoms with Gasteiger partial charge in [0.25, 0.3) is 0 Å². The molecule has 5 aliphatic rings. The number of aliphatic carboxylic acids is 1. The van der Waals surface area contributed by atoms with Crippen LogP contribution in [0.3, 0.4) is 0 Å². The number of hydrogen-bond donors (Lipinski definition) is 9. The number of carboxylic acid groups (broad SMARTS) is 1. The quantitative estimate of drug-likeness (QED) is 0.209. The zero-order valence-corrected chi connectivity index (χ0v) is 22.1. The van der Waals surface area contributed by atoms with Crippen molar-refractivity contribution < 1.29 is 55.5 Å². The Labute approximate surface area is 222 Å². The first kappa shape index (κ1) is 28.6. The van der Waals surface area contributed by atoms with Crippen molar-refractivity contribution in [2.45, 2.75) is 113 Å². The maximum atomic E-state index is 11.6. The highest BCUT2D eigenvalue weighted by Gasteiger charge is 2.69. The molecule has 0 aromatic heterocycles. The smallest absolute Gasteiger partial charge is 0.335 e. The zero-order chi connectivity index (χ0) is 28.0. The highest BCUT2D eigenvalue weighted by molar-refractivity contribution is 5.73. The van der Waals surface area contributed by atoms with Crippen LogP contribution in [0.5, 0.6) is 0 Å². The van der Waals surface area contributed by atoms with Crippen LogP contribution in [0.15, 0.2) is 0 Å². The van der Waals surface area contributed by atoms with E-state index in [1.54, 1.807) is 0 Å². The van der Waals surface area contributed by atoms with E-state index in [1.165, 1.54) is 0 Å². The van der Waals surface area contributed by atoms with Crippen molar-refractivity contribution in [2.24, 2.45) is 40.4 Å². The molecule has 0 spiro atoms. The van der Waals surface area contributed by atoms with Gasteiger partial charge in [0, 0.05) is 11.3 Å². The van der Waals surface area contributed by atoms with E-state index in [0.717, 1.165) is 12.8 Å². The summed E-state index contributed by atoms with van der Waals surface area (Å²) in [6.07, 6.45) is -5.35. The average molecular weight is 545 g/mol. The van der Waals surface area contributed by atoms with Crippen LogP contribution in [-0.2, 0) is 9.53 Å². The fraction of sp³-hybridized carbons (Fsp3) is 0.963. The molecule has 11 nitrogen and oxygen atoms in total. The van der Waals surface area contributed by atoms with Crippen molar-refractivity contribution >= 4 is 5.97 Å². The summed E-state index contributed by atoms with van der Waals surface area (Å²) in [7, 11) is 0. The predicted molar refractivity (Wildman–Crippen MR) is 130 cm³/mol. The molecule has 218 valence electrons. The number of ether oxygens (including phenoxy) is 1. The number of hydrogen-bond acceptors (Lipinski definition) is 10. The van der Waals surface area contributed by atoms with Crippen molar-refractivity contribution in [3.05, 3.63) is 0 Å². The minimum atomic E-state index is -2.34. The summed E-state index contributed by atoms with van der Waals surface area (Å²) >= 11 is 0. The van der Waals surface area contributed by atoms with Gasteiger partial charge in [0.05, 0.1) is 18.3 Å². The van der Waals surface area contributed by atoms with Crippen molar-refractivity contribution in [1.29, 1.82) is 0 Å². The van der Waals surface area contributed by atoms with Gasteiger partial charge < -0.3 is 50.7 Å². The first-order valence-corrected chi connectivity index (χ1v) is 14.0. The maximum absolute atomic E-state index is 11.6. The van der Waals surface area contributed by atoms with Crippen molar-refractivity contribution in [1.82, 2.24) is 0 Å². The summed E-state index contributed by atoms with van der Waals surface area (Å²) in [6.45, 7) is 3.51. The molecule has 4 saturated carbocycles. The Kier molecular flexibility index (Phi) is 7.02. The second kappa shape index (κ2) is 9.32. The minimum Gasteiger partial charge on any atom is -0.479 e. The molecule has 0 aromatic carbocycles. The lowest BCUT2D eigenvalue weighted by atomic mass is 9.42. The summed E-state index contributed by atoms with van der Waals surface area (Å²) < 4.78 is 5.41. The van der Waals surface area contributed by atoms with Gasteiger partial charge in [-0.05, 0) is 80.5 Å². The van der Waals surface area contributed by atoms with Gasteiger partial charge in [0.15, 0.2) is 11.9 Å². The molecule has 5 fully saturated rings. The molecular formula is C27H44O11. The summed E-state index contributed by atoms with van der Waals surface area (Å²) in [5, 5.41) is 95.1. The van der Waals surface area contributed by atoms with Crippen LogP contribution >= 0.6 is 0 Å². The normalized spacial score (nSPS) is 57.4. The first-order valence-electron chi connectivity index (χ1n) is 14.0. The second-order valence-electron chi connectivity index (χ2n) is 13.5. The lowest BCUT2D eigenvalue weighted by Gasteiger charge is -2.64. The first-order chi connectivity index (χ1) is 17.7. The van der Waals surface area contributed by atoms with Gasteiger partial charge in [-0.15, -0.1) is 0 Å². The van der Waals surface area contributed by atoms with E-state index in [9.17, 15) is 50.8 Å². The zero-order valence-electron chi connectivity index (χ0n) is 22.1. The van der Waals surface area contributed by atoms with Gasteiger partial charge in [-0.25, -0.2) is 4.79 Å². The SMILES string of the molecule is C[C@]12CCC([C@@]3(O)O[C@H](C(=O)O)[C@@H](O)[C@@H](O)[C@H]3O)CC1CCC1C2C(O)C[C@@]2(C)C1CC[C@]2(O)C(O)CO. The number of rotatable bonds is 4. The average Bonchev–Trinajstić information content (AvgIpc) is 3.14. The van der Waals surface area contributed by atoms with Gasteiger partial charge in [0.2, 0.25) is 0 Å². The Hall–Kier alpha value is -0.890. The predicted octanol–water partition coefficient (Wildman–Crippen LogP) is -1.04. The van der Waals surface area contributed by atoms with Crippen LogP contribution in [0.25, 0.3) is 0 Å². The topological polar surface area (TPSA) is 208 Å². The number of aliphatic hydroxyl groups excluding tert-OH is 6. The molecule has 0 amide bonds. The van der Waals surface area contributed by atoms with Crippen LogP contribution in [0.2, 0.25) is 0 Å². The lowest BCUT2D eigenvalue weighted by molar-refractivity contribution is -0.367. The molecule has 9 N–H and O–H groups in total. The third-order valence-electron chi connectivity index (χ3n) is 12.1. The molecule has 0 aromatic rings. The highest BCUT2D eigenvalue weighted by Crippen LogP contribution is 2.69. The third-order valence-corrected chi connectivity index (χ3v) is 12.1. The number of carboxylic acids is 1. The van der Waals surface area contributed by atoms with E-state index in [0.29, 0.717) is 38.5 Å². The Bertz CT molecular complexity index is 933. The molecule has 4 aliphatic carbocycles. The molecular weight excluding hydrogens is 500 g/mol.